The zero-order valence-corrected chi connectivity index (χ0v) is 15.4. The van der Waals surface area contributed by atoms with Crippen LogP contribution in [0.1, 0.15) is 55.3 Å². The Kier molecular flexibility index (Phi) is 5.46. The number of benzene rings is 1. The second-order valence-corrected chi connectivity index (χ2v) is 8.14. The highest BCUT2D eigenvalue weighted by molar-refractivity contribution is 5.94. The van der Waals surface area contributed by atoms with Gasteiger partial charge in [0.05, 0.1) is 13.2 Å². The van der Waals surface area contributed by atoms with E-state index < -0.39 is 0 Å². The smallest absolute Gasteiger partial charge is 0.251 e. The van der Waals surface area contributed by atoms with E-state index in [0.29, 0.717) is 23.4 Å². The topological polar surface area (TPSA) is 73.6 Å². The second-order valence-electron chi connectivity index (χ2n) is 8.14. The van der Waals surface area contributed by atoms with Crippen molar-refractivity contribution in [2.45, 2.75) is 63.1 Å². The number of carbonyl (C=O) groups excluding carboxylic acids is 1. The molecule has 3 fully saturated rings. The molecule has 1 heterocycles. The van der Waals surface area contributed by atoms with Crippen molar-refractivity contribution in [1.82, 2.24) is 5.32 Å². The van der Waals surface area contributed by atoms with E-state index in [9.17, 15) is 4.79 Å². The molecule has 26 heavy (non-hydrogen) atoms. The molecule has 0 aromatic heterocycles. The highest BCUT2D eigenvalue weighted by Gasteiger charge is 2.39. The van der Waals surface area contributed by atoms with Crippen molar-refractivity contribution in [2.75, 3.05) is 13.2 Å². The SMILES string of the molecule is NC1CC2CCCC(C1)C2NC(=O)c1ccc(OC2CCOCC2)cc1. The molecule has 4 rings (SSSR count). The number of hydrogen-bond acceptors (Lipinski definition) is 4. The normalized spacial score (nSPS) is 32.0. The fraction of sp³-hybridized carbons (Fsp3) is 0.667. The van der Waals surface area contributed by atoms with Gasteiger partial charge in [-0.15, -0.1) is 0 Å². The fourth-order valence-electron chi connectivity index (χ4n) is 4.93. The number of nitrogens with two attached hydrogens (primary N) is 1. The molecular weight excluding hydrogens is 328 g/mol. The molecule has 142 valence electrons. The summed E-state index contributed by atoms with van der Waals surface area (Å²) in [6.45, 7) is 1.52. The molecule has 0 radical (unpaired) electrons. The van der Waals surface area contributed by atoms with Gasteiger partial charge in [0.15, 0.2) is 0 Å². The maximum atomic E-state index is 12.7. The monoisotopic (exact) mass is 358 g/mol. The number of hydrogen-bond donors (Lipinski definition) is 2. The van der Waals surface area contributed by atoms with Crippen LogP contribution in [-0.4, -0.2) is 37.3 Å². The van der Waals surface area contributed by atoms with Gasteiger partial charge in [-0.2, -0.15) is 0 Å². The van der Waals surface area contributed by atoms with E-state index in [4.69, 9.17) is 15.2 Å². The number of rotatable bonds is 4. The Bertz CT molecular complexity index is 598. The Morgan fingerprint density at radius 3 is 2.35 bits per heavy atom. The molecule has 2 unspecified atom stereocenters. The van der Waals surface area contributed by atoms with Crippen molar-refractivity contribution in [3.63, 3.8) is 0 Å². The van der Waals surface area contributed by atoms with Crippen LogP contribution in [0, 0.1) is 11.8 Å². The summed E-state index contributed by atoms with van der Waals surface area (Å²) in [6.07, 6.45) is 7.80. The highest BCUT2D eigenvalue weighted by Crippen LogP contribution is 2.39. The maximum absolute atomic E-state index is 12.7. The summed E-state index contributed by atoms with van der Waals surface area (Å²) >= 11 is 0. The van der Waals surface area contributed by atoms with E-state index >= 15 is 0 Å². The maximum Gasteiger partial charge on any atom is 0.251 e. The average Bonchev–Trinajstić information content (AvgIpc) is 2.64. The van der Waals surface area contributed by atoms with Crippen molar-refractivity contribution in [2.24, 2.45) is 17.6 Å². The van der Waals surface area contributed by atoms with Gasteiger partial charge in [0, 0.05) is 30.5 Å². The fourth-order valence-corrected chi connectivity index (χ4v) is 4.93. The molecule has 2 bridgehead atoms. The minimum Gasteiger partial charge on any atom is -0.490 e. The highest BCUT2D eigenvalue weighted by atomic mass is 16.5. The average molecular weight is 358 g/mol. The lowest BCUT2D eigenvalue weighted by Crippen LogP contribution is -2.53. The van der Waals surface area contributed by atoms with Gasteiger partial charge in [0.2, 0.25) is 0 Å². The van der Waals surface area contributed by atoms with Gasteiger partial charge in [0.1, 0.15) is 11.9 Å². The number of carbonyl (C=O) groups is 1. The third-order valence-corrected chi connectivity index (χ3v) is 6.26. The lowest BCUT2D eigenvalue weighted by Gasteiger charge is -2.45. The van der Waals surface area contributed by atoms with Gasteiger partial charge in [-0.1, -0.05) is 6.42 Å². The molecule has 2 aliphatic carbocycles. The van der Waals surface area contributed by atoms with Gasteiger partial charge in [-0.3, -0.25) is 4.79 Å². The van der Waals surface area contributed by atoms with Gasteiger partial charge in [0.25, 0.3) is 5.91 Å². The van der Waals surface area contributed by atoms with Crippen molar-refractivity contribution in [1.29, 1.82) is 0 Å². The minimum absolute atomic E-state index is 0.0278. The molecule has 1 aromatic rings. The predicted molar refractivity (Wildman–Crippen MR) is 100 cm³/mol. The summed E-state index contributed by atoms with van der Waals surface area (Å²) in [5.74, 6) is 1.93. The van der Waals surface area contributed by atoms with E-state index in [-0.39, 0.29) is 18.1 Å². The molecular formula is C21H30N2O3. The Balaban J connectivity index is 1.36. The van der Waals surface area contributed by atoms with Gasteiger partial charge < -0.3 is 20.5 Å². The molecule has 1 aromatic carbocycles. The summed E-state index contributed by atoms with van der Waals surface area (Å²) in [4.78, 5) is 12.7. The first-order valence-corrected chi connectivity index (χ1v) is 10.1. The number of amides is 1. The van der Waals surface area contributed by atoms with E-state index in [1.54, 1.807) is 0 Å². The number of fused-ring (bicyclic) bond motifs is 2. The van der Waals surface area contributed by atoms with Crippen molar-refractivity contribution < 1.29 is 14.3 Å². The predicted octanol–water partition coefficient (Wildman–Crippen LogP) is 2.88. The first-order valence-electron chi connectivity index (χ1n) is 10.1. The number of nitrogens with one attached hydrogen (secondary N) is 1. The lowest BCUT2D eigenvalue weighted by atomic mass is 9.67. The first kappa shape index (κ1) is 17.8. The number of ether oxygens (including phenoxy) is 2. The molecule has 5 nitrogen and oxygen atoms in total. The summed E-state index contributed by atoms with van der Waals surface area (Å²) in [5.41, 5.74) is 6.89. The van der Waals surface area contributed by atoms with Crippen LogP contribution in [-0.2, 0) is 4.74 Å². The quantitative estimate of drug-likeness (QED) is 0.868. The zero-order chi connectivity index (χ0) is 17.9. The largest absolute Gasteiger partial charge is 0.490 e. The molecule has 2 saturated carbocycles. The van der Waals surface area contributed by atoms with Crippen LogP contribution in [0.15, 0.2) is 24.3 Å². The van der Waals surface area contributed by atoms with E-state index in [0.717, 1.165) is 44.6 Å². The molecule has 3 N–H and O–H groups in total. The molecule has 1 aliphatic heterocycles. The molecule has 1 amide bonds. The Morgan fingerprint density at radius 1 is 1.04 bits per heavy atom. The van der Waals surface area contributed by atoms with Crippen LogP contribution in [0.5, 0.6) is 5.75 Å². The van der Waals surface area contributed by atoms with E-state index in [1.165, 1.54) is 19.3 Å². The Hall–Kier alpha value is -1.59. The lowest BCUT2D eigenvalue weighted by molar-refractivity contribution is 0.0256. The van der Waals surface area contributed by atoms with Gasteiger partial charge in [-0.05, 0) is 61.8 Å². The van der Waals surface area contributed by atoms with Crippen LogP contribution < -0.4 is 15.8 Å². The van der Waals surface area contributed by atoms with Crippen LogP contribution >= 0.6 is 0 Å². The first-order chi connectivity index (χ1) is 12.7. The van der Waals surface area contributed by atoms with Crippen LogP contribution in [0.4, 0.5) is 0 Å². The summed E-state index contributed by atoms with van der Waals surface area (Å²) in [7, 11) is 0. The van der Waals surface area contributed by atoms with E-state index in [2.05, 4.69) is 5.32 Å². The Labute approximate surface area is 155 Å². The standard InChI is InChI=1S/C21H30N2O3/c22-17-12-15-2-1-3-16(13-17)20(15)23-21(24)14-4-6-18(7-5-14)26-19-8-10-25-11-9-19/h4-7,15-17,19-20H,1-3,8-13,22H2,(H,23,24). The summed E-state index contributed by atoms with van der Waals surface area (Å²) in [6, 6.07) is 8.14. The van der Waals surface area contributed by atoms with Crippen LogP contribution in [0.2, 0.25) is 0 Å². The molecule has 3 aliphatic rings. The van der Waals surface area contributed by atoms with Crippen LogP contribution in [0.3, 0.4) is 0 Å². The molecule has 2 atom stereocenters. The van der Waals surface area contributed by atoms with Crippen molar-refractivity contribution in [3.8, 4) is 5.75 Å². The van der Waals surface area contributed by atoms with Gasteiger partial charge >= 0.3 is 0 Å². The van der Waals surface area contributed by atoms with Crippen molar-refractivity contribution >= 4 is 5.91 Å². The second kappa shape index (κ2) is 7.97. The Morgan fingerprint density at radius 2 is 1.69 bits per heavy atom. The minimum atomic E-state index is 0.0278. The molecule has 0 spiro atoms. The van der Waals surface area contributed by atoms with Gasteiger partial charge in [-0.25, -0.2) is 0 Å². The molecule has 1 saturated heterocycles. The van der Waals surface area contributed by atoms with Crippen molar-refractivity contribution in [3.05, 3.63) is 29.8 Å². The molecule has 5 heteroatoms. The van der Waals surface area contributed by atoms with Crippen LogP contribution in [0.25, 0.3) is 0 Å². The third-order valence-electron chi connectivity index (χ3n) is 6.26. The zero-order valence-electron chi connectivity index (χ0n) is 15.4. The third kappa shape index (κ3) is 4.04. The van der Waals surface area contributed by atoms with E-state index in [1.807, 2.05) is 24.3 Å². The summed E-state index contributed by atoms with van der Waals surface area (Å²) < 4.78 is 11.3. The summed E-state index contributed by atoms with van der Waals surface area (Å²) in [5, 5.41) is 3.31.